The summed E-state index contributed by atoms with van der Waals surface area (Å²) in [7, 11) is 1.68. The van der Waals surface area contributed by atoms with E-state index in [2.05, 4.69) is 10.2 Å². The van der Waals surface area contributed by atoms with E-state index in [4.69, 9.17) is 16.3 Å². The summed E-state index contributed by atoms with van der Waals surface area (Å²) in [6.45, 7) is 1.36. The summed E-state index contributed by atoms with van der Waals surface area (Å²) in [5, 5.41) is 10.1. The Morgan fingerprint density at radius 2 is 2.00 bits per heavy atom. The van der Waals surface area contributed by atoms with E-state index in [0.717, 1.165) is 28.5 Å². The van der Waals surface area contributed by atoms with Gasteiger partial charge in [0.25, 0.3) is 0 Å². The van der Waals surface area contributed by atoms with E-state index in [9.17, 15) is 4.39 Å². The lowest BCUT2D eigenvalue weighted by atomic mass is 10.2. The van der Waals surface area contributed by atoms with Crippen molar-refractivity contribution in [3.05, 3.63) is 64.9 Å². The SMILES string of the molecule is COCCCn1c(SCc2cccc(F)c2)nnc1-c1ccccc1Cl. The predicted octanol–water partition coefficient (Wildman–Crippen LogP) is 5.07. The number of ether oxygens (including phenoxy) is 1. The Hall–Kier alpha value is -1.89. The molecule has 7 heteroatoms. The van der Waals surface area contributed by atoms with Gasteiger partial charge in [-0.1, -0.05) is 47.6 Å². The molecule has 3 rings (SSSR count). The van der Waals surface area contributed by atoms with Gasteiger partial charge in [-0.2, -0.15) is 0 Å². The molecule has 0 saturated carbocycles. The smallest absolute Gasteiger partial charge is 0.191 e. The molecule has 3 aromatic rings. The first-order chi connectivity index (χ1) is 12.7. The van der Waals surface area contributed by atoms with Crippen LogP contribution < -0.4 is 0 Å². The molecule has 0 aliphatic carbocycles. The fourth-order valence-corrected chi connectivity index (χ4v) is 3.71. The zero-order valence-electron chi connectivity index (χ0n) is 14.4. The maximum absolute atomic E-state index is 13.4. The minimum atomic E-state index is -0.235. The Kier molecular flexibility index (Phi) is 6.66. The van der Waals surface area contributed by atoms with Crippen molar-refractivity contribution in [1.29, 1.82) is 0 Å². The van der Waals surface area contributed by atoms with Crippen LogP contribution in [0.2, 0.25) is 5.02 Å². The first-order valence-electron chi connectivity index (χ1n) is 8.23. The number of rotatable bonds is 8. The van der Waals surface area contributed by atoms with Gasteiger partial charge in [-0.15, -0.1) is 10.2 Å². The lowest BCUT2D eigenvalue weighted by Crippen LogP contribution is -2.05. The third-order valence-electron chi connectivity index (χ3n) is 3.82. The van der Waals surface area contributed by atoms with Crippen LogP contribution in [-0.4, -0.2) is 28.5 Å². The molecule has 0 aliphatic heterocycles. The fourth-order valence-electron chi connectivity index (χ4n) is 2.58. The highest BCUT2D eigenvalue weighted by Gasteiger charge is 2.16. The first kappa shape index (κ1) is 18.9. The van der Waals surface area contributed by atoms with Crippen LogP contribution >= 0.6 is 23.4 Å². The van der Waals surface area contributed by atoms with Crippen LogP contribution in [0, 0.1) is 5.82 Å². The molecule has 1 heterocycles. The van der Waals surface area contributed by atoms with Crippen LogP contribution in [0.3, 0.4) is 0 Å². The lowest BCUT2D eigenvalue weighted by molar-refractivity contribution is 0.189. The van der Waals surface area contributed by atoms with Gasteiger partial charge in [-0.25, -0.2) is 4.39 Å². The molecule has 0 fully saturated rings. The molecule has 26 heavy (non-hydrogen) atoms. The summed E-state index contributed by atoms with van der Waals surface area (Å²) in [5.41, 5.74) is 1.75. The molecular formula is C19H19ClFN3OS. The number of benzene rings is 2. The van der Waals surface area contributed by atoms with Gasteiger partial charge in [-0.3, -0.25) is 0 Å². The topological polar surface area (TPSA) is 39.9 Å². The second kappa shape index (κ2) is 9.16. The monoisotopic (exact) mass is 391 g/mol. The van der Waals surface area contributed by atoms with Gasteiger partial charge in [0.15, 0.2) is 11.0 Å². The van der Waals surface area contributed by atoms with E-state index < -0.39 is 0 Å². The molecule has 0 bridgehead atoms. The number of nitrogens with zero attached hydrogens (tertiary/aromatic N) is 3. The van der Waals surface area contributed by atoms with E-state index in [-0.39, 0.29) is 5.82 Å². The standard InChI is InChI=1S/C19H19ClFN3OS/c1-25-11-5-10-24-18(16-8-2-3-9-17(16)20)22-23-19(24)26-13-14-6-4-7-15(21)12-14/h2-4,6-9,12H,5,10-11,13H2,1H3. The summed E-state index contributed by atoms with van der Waals surface area (Å²) in [6, 6.07) is 14.2. The zero-order valence-corrected chi connectivity index (χ0v) is 15.9. The Bertz CT molecular complexity index is 871. The molecule has 0 unspecified atom stereocenters. The maximum Gasteiger partial charge on any atom is 0.191 e. The first-order valence-corrected chi connectivity index (χ1v) is 9.59. The van der Waals surface area contributed by atoms with Gasteiger partial charge in [-0.05, 0) is 36.2 Å². The third-order valence-corrected chi connectivity index (χ3v) is 5.19. The van der Waals surface area contributed by atoms with Gasteiger partial charge in [0.05, 0.1) is 5.02 Å². The number of aromatic nitrogens is 3. The summed E-state index contributed by atoms with van der Waals surface area (Å²) >= 11 is 7.86. The van der Waals surface area contributed by atoms with E-state index in [1.807, 2.05) is 34.9 Å². The van der Waals surface area contributed by atoms with Crippen molar-refractivity contribution in [2.45, 2.75) is 23.9 Å². The largest absolute Gasteiger partial charge is 0.385 e. The minimum Gasteiger partial charge on any atom is -0.385 e. The number of hydrogen-bond donors (Lipinski definition) is 0. The molecule has 0 atom stereocenters. The molecule has 0 N–H and O–H groups in total. The molecule has 2 aromatic carbocycles. The van der Waals surface area contributed by atoms with E-state index in [0.29, 0.717) is 23.9 Å². The number of methoxy groups -OCH3 is 1. The van der Waals surface area contributed by atoms with Gasteiger partial charge in [0.2, 0.25) is 0 Å². The highest BCUT2D eigenvalue weighted by atomic mass is 35.5. The van der Waals surface area contributed by atoms with Crippen LogP contribution in [0.15, 0.2) is 53.7 Å². The van der Waals surface area contributed by atoms with Crippen molar-refractivity contribution in [3.8, 4) is 11.4 Å². The molecule has 1 aromatic heterocycles. The van der Waals surface area contributed by atoms with E-state index >= 15 is 0 Å². The molecular weight excluding hydrogens is 373 g/mol. The van der Waals surface area contributed by atoms with Crippen molar-refractivity contribution in [2.75, 3.05) is 13.7 Å². The van der Waals surface area contributed by atoms with Crippen LogP contribution in [0.25, 0.3) is 11.4 Å². The summed E-state index contributed by atoms with van der Waals surface area (Å²) in [5.74, 6) is 1.11. The lowest BCUT2D eigenvalue weighted by Gasteiger charge is -2.11. The molecule has 0 aliphatic rings. The van der Waals surface area contributed by atoms with E-state index in [1.165, 1.54) is 23.9 Å². The average molecular weight is 392 g/mol. The highest BCUT2D eigenvalue weighted by molar-refractivity contribution is 7.98. The normalized spacial score (nSPS) is 11.0. The quantitative estimate of drug-likeness (QED) is 0.397. The van der Waals surface area contributed by atoms with Gasteiger partial charge in [0.1, 0.15) is 5.82 Å². The number of hydrogen-bond acceptors (Lipinski definition) is 4. The van der Waals surface area contributed by atoms with Crippen LogP contribution in [0.4, 0.5) is 4.39 Å². The molecule has 4 nitrogen and oxygen atoms in total. The zero-order chi connectivity index (χ0) is 18.4. The number of halogens is 2. The molecule has 0 amide bonds. The van der Waals surface area contributed by atoms with Crippen molar-refractivity contribution < 1.29 is 9.13 Å². The van der Waals surface area contributed by atoms with Gasteiger partial charge >= 0.3 is 0 Å². The van der Waals surface area contributed by atoms with Crippen LogP contribution in [0.5, 0.6) is 0 Å². The second-order valence-electron chi connectivity index (χ2n) is 5.70. The summed E-state index contributed by atoms with van der Waals surface area (Å²) in [4.78, 5) is 0. The minimum absolute atomic E-state index is 0.235. The predicted molar refractivity (Wildman–Crippen MR) is 103 cm³/mol. The average Bonchev–Trinajstić information content (AvgIpc) is 3.03. The third kappa shape index (κ3) is 4.63. The Morgan fingerprint density at radius 3 is 2.77 bits per heavy atom. The number of thioether (sulfide) groups is 1. The molecule has 0 radical (unpaired) electrons. The molecule has 0 spiro atoms. The Balaban J connectivity index is 1.85. The van der Waals surface area contributed by atoms with Gasteiger partial charge in [0, 0.05) is 31.6 Å². The molecule has 0 saturated heterocycles. The second-order valence-corrected chi connectivity index (χ2v) is 7.05. The maximum atomic E-state index is 13.4. The van der Waals surface area contributed by atoms with Crippen LogP contribution in [-0.2, 0) is 17.0 Å². The van der Waals surface area contributed by atoms with Crippen molar-refractivity contribution in [1.82, 2.24) is 14.8 Å². The van der Waals surface area contributed by atoms with Crippen molar-refractivity contribution in [3.63, 3.8) is 0 Å². The molecule has 136 valence electrons. The van der Waals surface area contributed by atoms with Crippen LogP contribution in [0.1, 0.15) is 12.0 Å². The summed E-state index contributed by atoms with van der Waals surface area (Å²) in [6.07, 6.45) is 0.833. The Labute approximate surface area is 161 Å². The Morgan fingerprint density at radius 1 is 1.15 bits per heavy atom. The summed E-state index contributed by atoms with van der Waals surface area (Å²) < 4.78 is 20.6. The van der Waals surface area contributed by atoms with Crippen molar-refractivity contribution in [2.24, 2.45) is 0 Å². The van der Waals surface area contributed by atoms with E-state index in [1.54, 1.807) is 13.2 Å². The van der Waals surface area contributed by atoms with Gasteiger partial charge < -0.3 is 9.30 Å². The highest BCUT2D eigenvalue weighted by Crippen LogP contribution is 2.30. The fraction of sp³-hybridized carbons (Fsp3) is 0.263. The van der Waals surface area contributed by atoms with Crippen molar-refractivity contribution >= 4 is 23.4 Å².